The van der Waals surface area contributed by atoms with Gasteiger partial charge in [-0.05, 0) is 106 Å². The van der Waals surface area contributed by atoms with E-state index in [1.807, 2.05) is 0 Å². The topological polar surface area (TPSA) is 142 Å². The second-order valence-electron chi connectivity index (χ2n) is 16.6. The van der Waals surface area contributed by atoms with Crippen LogP contribution in [0.1, 0.15) is 183 Å². The smallest absolute Gasteiger partial charge is 0.414 e. The predicted molar refractivity (Wildman–Crippen MR) is 203 cm³/mol. The number of aldehydes is 1. The van der Waals surface area contributed by atoms with Gasteiger partial charge in [-0.15, -0.1) is 0 Å². The maximum atomic E-state index is 14.3. The number of piperidine rings is 1. The minimum Gasteiger partial charge on any atom is -0.414 e. The molecule has 3 amide bonds. The van der Waals surface area contributed by atoms with Crippen molar-refractivity contribution in [3.05, 3.63) is 0 Å². The number of amides is 3. The molecule has 0 radical (unpaired) electrons. The van der Waals surface area contributed by atoms with Crippen LogP contribution in [-0.4, -0.2) is 83.2 Å². The van der Waals surface area contributed by atoms with Crippen LogP contribution in [-0.2, 0) is 19.1 Å². The van der Waals surface area contributed by atoms with Gasteiger partial charge >= 0.3 is 18.1 Å². The Morgan fingerprint density at radius 3 is 1.62 bits per heavy atom. The Kier molecular flexibility index (Phi) is 23.2. The van der Waals surface area contributed by atoms with Gasteiger partial charge in [0.25, 0.3) is 0 Å². The molecule has 0 aromatic rings. The highest BCUT2D eigenvalue weighted by atomic mass is 16.6. The Hall–Kier alpha value is -1.88. The van der Waals surface area contributed by atoms with Crippen molar-refractivity contribution in [1.82, 2.24) is 4.90 Å². The second kappa shape index (κ2) is 25.2. The summed E-state index contributed by atoms with van der Waals surface area (Å²) in [5.41, 5.74) is 10.3. The Labute approximate surface area is 305 Å². The lowest BCUT2D eigenvalue weighted by molar-refractivity contribution is -0.716. The monoisotopic (exact) mass is 710 g/mol. The van der Waals surface area contributed by atoms with E-state index in [4.69, 9.17) is 20.9 Å². The average Bonchev–Trinajstić information content (AvgIpc) is 3.03. The predicted octanol–water partition coefficient (Wildman–Crippen LogP) is 8.95. The first-order chi connectivity index (χ1) is 23.7. The standard InChI is InChI=1S/C40H77N4O6/c1-39(2,3)49-37(47)44(38(48)50-40(4,5)6,36(46)35(42)28-21-23-29-41)33-34-27-22-25-31-43(34)30-24-19-17-15-13-11-9-7-8-10-12-14-16-18-20-26-32-45/h32,34-35H,7-31,33,41-42H2,1-6H3/q+1. The van der Waals surface area contributed by atoms with Gasteiger partial charge in [-0.3, -0.25) is 4.90 Å². The molecule has 10 nitrogen and oxygen atoms in total. The van der Waals surface area contributed by atoms with Crippen LogP contribution in [0.25, 0.3) is 0 Å². The van der Waals surface area contributed by atoms with Crippen LogP contribution in [0.2, 0.25) is 0 Å². The summed E-state index contributed by atoms with van der Waals surface area (Å²) in [5, 5.41) is 0. The largest absolute Gasteiger partial charge is 0.535 e. The van der Waals surface area contributed by atoms with Crippen LogP contribution in [0.3, 0.4) is 0 Å². The average molecular weight is 710 g/mol. The molecule has 10 heteroatoms. The highest BCUT2D eigenvalue weighted by molar-refractivity contribution is 5.95. The van der Waals surface area contributed by atoms with E-state index in [-0.39, 0.29) is 12.6 Å². The molecule has 0 aromatic heterocycles. The van der Waals surface area contributed by atoms with Gasteiger partial charge in [0.1, 0.15) is 30.1 Å². The lowest BCUT2D eigenvalue weighted by Gasteiger charge is -2.41. The Morgan fingerprint density at radius 1 is 0.720 bits per heavy atom. The number of nitrogens with zero attached hydrogens (tertiary/aromatic N) is 2. The van der Waals surface area contributed by atoms with Crippen molar-refractivity contribution in [3.63, 3.8) is 0 Å². The fourth-order valence-corrected chi connectivity index (χ4v) is 6.81. The molecule has 1 saturated heterocycles. The summed E-state index contributed by atoms with van der Waals surface area (Å²) in [6, 6.07) is -1.19. The number of hydrogen-bond donors (Lipinski definition) is 2. The number of ether oxygens (including phenoxy) is 2. The summed E-state index contributed by atoms with van der Waals surface area (Å²) >= 11 is 0. The van der Waals surface area contributed by atoms with Crippen LogP contribution in [0.4, 0.5) is 9.59 Å². The summed E-state index contributed by atoms with van der Waals surface area (Å²) in [5.74, 6) is -0.668. The number of carbonyl (C=O) groups excluding carboxylic acids is 4. The van der Waals surface area contributed by atoms with Gasteiger partial charge in [0.05, 0.1) is 6.04 Å². The van der Waals surface area contributed by atoms with E-state index >= 15 is 0 Å². The Bertz CT molecular complexity index is 932. The zero-order valence-electron chi connectivity index (χ0n) is 33.1. The fourth-order valence-electron chi connectivity index (χ4n) is 6.81. The normalized spacial score (nSPS) is 16.6. The van der Waals surface area contributed by atoms with Gasteiger partial charge in [0.15, 0.2) is 0 Å². The highest BCUT2D eigenvalue weighted by Gasteiger charge is 2.60. The Balaban J connectivity index is 2.78. The lowest BCUT2D eigenvalue weighted by atomic mass is 9.98. The third-order valence-electron chi connectivity index (χ3n) is 9.57. The van der Waals surface area contributed by atoms with Gasteiger partial charge < -0.3 is 25.7 Å². The van der Waals surface area contributed by atoms with Gasteiger partial charge in [-0.25, -0.2) is 4.79 Å². The zero-order valence-corrected chi connectivity index (χ0v) is 33.1. The van der Waals surface area contributed by atoms with Crippen molar-refractivity contribution in [2.75, 3.05) is 26.2 Å². The van der Waals surface area contributed by atoms with E-state index in [1.54, 1.807) is 41.5 Å². The molecule has 2 unspecified atom stereocenters. The second-order valence-corrected chi connectivity index (χ2v) is 16.6. The summed E-state index contributed by atoms with van der Waals surface area (Å²) < 4.78 is 10.4. The van der Waals surface area contributed by atoms with Crippen LogP contribution >= 0.6 is 0 Å². The number of rotatable bonds is 25. The SMILES string of the molecule is CC(C)(C)OC(=O)[N+](CC1CCCCN1CCCCCCCCCCCCCCCCCC=O)(C(=O)OC(C)(C)C)C(=O)C(N)CCCCN. The number of carbonyl (C=O) groups is 4. The summed E-state index contributed by atoms with van der Waals surface area (Å²) in [4.78, 5) is 55.3. The minimum absolute atomic E-state index is 0.0470. The molecule has 1 fully saturated rings. The molecule has 1 rings (SSSR count). The van der Waals surface area contributed by atoms with Crippen molar-refractivity contribution < 1.29 is 33.1 Å². The number of imide groups is 3. The zero-order chi connectivity index (χ0) is 37.5. The van der Waals surface area contributed by atoms with Crippen molar-refractivity contribution in [2.24, 2.45) is 11.5 Å². The third kappa shape index (κ3) is 19.1. The first kappa shape index (κ1) is 46.1. The molecular formula is C40H77N4O6+. The molecule has 1 aliphatic heterocycles. The van der Waals surface area contributed by atoms with Crippen molar-refractivity contribution in [2.45, 2.75) is 206 Å². The molecule has 0 spiro atoms. The highest BCUT2D eigenvalue weighted by Crippen LogP contribution is 2.29. The third-order valence-corrected chi connectivity index (χ3v) is 9.57. The number of nitrogens with two attached hydrogens (primary N) is 2. The van der Waals surface area contributed by atoms with Crippen LogP contribution < -0.4 is 11.5 Å². The molecule has 0 aliphatic carbocycles. The maximum absolute atomic E-state index is 14.3. The van der Waals surface area contributed by atoms with Gasteiger partial charge in [-0.1, -0.05) is 94.4 Å². The number of likely N-dealkylation sites (tertiary alicyclic amines) is 1. The molecule has 0 saturated carbocycles. The summed E-state index contributed by atoms with van der Waals surface area (Å²) in [6.45, 7) is 12.6. The molecule has 0 aromatic carbocycles. The molecule has 4 N–H and O–H groups in total. The molecular weight excluding hydrogens is 632 g/mol. The van der Waals surface area contributed by atoms with E-state index in [2.05, 4.69) is 4.90 Å². The molecule has 292 valence electrons. The molecule has 0 bridgehead atoms. The molecule has 1 aliphatic rings. The van der Waals surface area contributed by atoms with Crippen LogP contribution in [0.15, 0.2) is 0 Å². The molecule has 2 atom stereocenters. The van der Waals surface area contributed by atoms with Gasteiger partial charge in [0.2, 0.25) is 0 Å². The van der Waals surface area contributed by atoms with E-state index < -0.39 is 39.8 Å². The number of quaternary nitrogens is 1. The number of unbranched alkanes of at least 4 members (excludes halogenated alkanes) is 16. The fraction of sp³-hybridized carbons (Fsp3) is 0.900. The first-order valence-corrected chi connectivity index (χ1v) is 20.2. The molecule has 50 heavy (non-hydrogen) atoms. The van der Waals surface area contributed by atoms with Crippen molar-refractivity contribution in [3.8, 4) is 0 Å². The number of hydrogen-bond acceptors (Lipinski definition) is 9. The maximum Gasteiger partial charge on any atom is 0.535 e. The van der Waals surface area contributed by atoms with E-state index in [0.29, 0.717) is 32.2 Å². The van der Waals surface area contributed by atoms with E-state index in [9.17, 15) is 19.2 Å². The van der Waals surface area contributed by atoms with Gasteiger partial charge in [-0.2, -0.15) is 9.59 Å². The Morgan fingerprint density at radius 2 is 1.18 bits per heavy atom. The van der Waals surface area contributed by atoms with E-state index in [0.717, 1.165) is 57.9 Å². The lowest BCUT2D eigenvalue weighted by Crippen LogP contribution is -2.70. The summed E-state index contributed by atoms with van der Waals surface area (Å²) in [7, 11) is 0. The molecule has 1 heterocycles. The first-order valence-electron chi connectivity index (χ1n) is 20.2. The van der Waals surface area contributed by atoms with Crippen LogP contribution in [0, 0.1) is 0 Å². The summed E-state index contributed by atoms with van der Waals surface area (Å²) in [6.07, 6.45) is 23.0. The van der Waals surface area contributed by atoms with Crippen molar-refractivity contribution >= 4 is 24.4 Å². The van der Waals surface area contributed by atoms with E-state index in [1.165, 1.54) is 77.0 Å². The quantitative estimate of drug-likeness (QED) is 0.0540. The van der Waals surface area contributed by atoms with Gasteiger partial charge in [0, 0.05) is 6.42 Å². The minimum atomic E-state index is -1.19. The van der Waals surface area contributed by atoms with Crippen molar-refractivity contribution in [1.29, 1.82) is 0 Å². The van der Waals surface area contributed by atoms with Crippen LogP contribution in [0.5, 0.6) is 0 Å².